The summed E-state index contributed by atoms with van der Waals surface area (Å²) in [6, 6.07) is 0. The van der Waals surface area contributed by atoms with E-state index in [9.17, 15) is 4.79 Å². The Morgan fingerprint density at radius 3 is 2.64 bits per heavy atom. The fourth-order valence-electron chi connectivity index (χ4n) is 1.36. The van der Waals surface area contributed by atoms with Crippen LogP contribution in [0.3, 0.4) is 0 Å². The standard InChI is InChI=1S/C14H19NO4S.C2H6/c1-4-6-11(5-2)7-18-10-19-8-12-9-20-13(15-12)14(16)17-3;1-2/h4-6,9H,7-8,10H2,1-3H3;1-2H3/b6-4-,11-5+;. The average molecular weight is 327 g/mol. The van der Waals surface area contributed by atoms with E-state index >= 15 is 0 Å². The molecule has 0 amide bonds. The summed E-state index contributed by atoms with van der Waals surface area (Å²) in [5, 5.41) is 2.10. The highest BCUT2D eigenvalue weighted by Gasteiger charge is 2.10. The summed E-state index contributed by atoms with van der Waals surface area (Å²) >= 11 is 1.24. The van der Waals surface area contributed by atoms with Gasteiger partial charge in [0, 0.05) is 5.38 Å². The number of methoxy groups -OCH3 is 1. The number of esters is 1. The number of thiazole rings is 1. The van der Waals surface area contributed by atoms with Crippen LogP contribution < -0.4 is 0 Å². The van der Waals surface area contributed by atoms with E-state index in [1.165, 1.54) is 18.4 Å². The van der Waals surface area contributed by atoms with Crippen molar-refractivity contribution in [1.82, 2.24) is 4.98 Å². The molecule has 0 aliphatic heterocycles. The van der Waals surface area contributed by atoms with Gasteiger partial charge in [0.1, 0.15) is 6.79 Å². The number of carbonyl (C=O) groups is 1. The molecule has 0 spiro atoms. The molecule has 0 bridgehead atoms. The van der Waals surface area contributed by atoms with Crippen molar-refractivity contribution in [1.29, 1.82) is 0 Å². The number of hydrogen-bond donors (Lipinski definition) is 0. The van der Waals surface area contributed by atoms with E-state index < -0.39 is 5.97 Å². The van der Waals surface area contributed by atoms with Crippen molar-refractivity contribution in [3.05, 3.63) is 39.9 Å². The number of aromatic nitrogens is 1. The fourth-order valence-corrected chi connectivity index (χ4v) is 2.08. The first kappa shape index (κ1) is 20.5. The smallest absolute Gasteiger partial charge is 0.367 e. The van der Waals surface area contributed by atoms with Crippen LogP contribution in [0.4, 0.5) is 0 Å². The Labute approximate surface area is 136 Å². The maximum absolute atomic E-state index is 11.2. The highest BCUT2D eigenvalue weighted by Crippen LogP contribution is 2.11. The van der Waals surface area contributed by atoms with Gasteiger partial charge in [-0.1, -0.05) is 32.1 Å². The monoisotopic (exact) mass is 327 g/mol. The SMILES string of the molecule is C/C=C\C(=C/C)COCOCc1csc(C(=O)OC)n1.CC. The topological polar surface area (TPSA) is 57.7 Å². The summed E-state index contributed by atoms with van der Waals surface area (Å²) in [6.45, 7) is 8.91. The molecule has 0 N–H and O–H groups in total. The molecule has 1 rings (SSSR count). The first-order chi connectivity index (χ1) is 10.7. The minimum atomic E-state index is -0.429. The molecule has 0 saturated heterocycles. The van der Waals surface area contributed by atoms with Crippen molar-refractivity contribution in [2.45, 2.75) is 34.3 Å². The molecule has 1 aromatic rings. The van der Waals surface area contributed by atoms with E-state index in [4.69, 9.17) is 9.47 Å². The fraction of sp³-hybridized carbons (Fsp3) is 0.500. The van der Waals surface area contributed by atoms with E-state index in [-0.39, 0.29) is 6.79 Å². The van der Waals surface area contributed by atoms with Crippen LogP contribution in [0.25, 0.3) is 0 Å². The van der Waals surface area contributed by atoms with Gasteiger partial charge in [-0.05, 0) is 19.4 Å². The quantitative estimate of drug-likeness (QED) is 0.313. The van der Waals surface area contributed by atoms with Gasteiger partial charge in [-0.3, -0.25) is 0 Å². The second-order valence-electron chi connectivity index (χ2n) is 3.81. The first-order valence-electron chi connectivity index (χ1n) is 7.17. The van der Waals surface area contributed by atoms with E-state index in [0.717, 1.165) is 5.57 Å². The Balaban J connectivity index is 0.00000211. The molecule has 22 heavy (non-hydrogen) atoms. The molecule has 0 aromatic carbocycles. The van der Waals surface area contributed by atoms with Crippen LogP contribution in [0.15, 0.2) is 29.2 Å². The van der Waals surface area contributed by atoms with Crippen molar-refractivity contribution < 1.29 is 19.0 Å². The van der Waals surface area contributed by atoms with Crippen LogP contribution in [0.5, 0.6) is 0 Å². The first-order valence-corrected chi connectivity index (χ1v) is 8.05. The molecule has 0 aliphatic carbocycles. The molecule has 6 heteroatoms. The lowest BCUT2D eigenvalue weighted by Gasteiger charge is -2.05. The number of nitrogens with zero attached hydrogens (tertiary/aromatic N) is 1. The summed E-state index contributed by atoms with van der Waals surface area (Å²) in [7, 11) is 1.33. The molecule has 0 saturated carbocycles. The molecule has 124 valence electrons. The van der Waals surface area contributed by atoms with Crippen molar-refractivity contribution >= 4 is 17.3 Å². The summed E-state index contributed by atoms with van der Waals surface area (Å²) in [6.07, 6.45) is 5.94. The predicted molar refractivity (Wildman–Crippen MR) is 89.0 cm³/mol. The Morgan fingerprint density at radius 2 is 2.05 bits per heavy atom. The lowest BCUT2D eigenvalue weighted by atomic mass is 10.2. The second-order valence-corrected chi connectivity index (χ2v) is 4.67. The number of rotatable bonds is 8. The molecule has 5 nitrogen and oxygen atoms in total. The molecule has 1 heterocycles. The maximum atomic E-state index is 11.2. The Morgan fingerprint density at radius 1 is 1.32 bits per heavy atom. The summed E-state index contributed by atoms with van der Waals surface area (Å²) in [4.78, 5) is 15.3. The minimum absolute atomic E-state index is 0.181. The number of hydrogen-bond acceptors (Lipinski definition) is 6. The summed E-state index contributed by atoms with van der Waals surface area (Å²) in [5.74, 6) is -0.429. The minimum Gasteiger partial charge on any atom is -0.464 e. The zero-order valence-electron chi connectivity index (χ0n) is 13.9. The van der Waals surface area contributed by atoms with Gasteiger partial charge in [-0.15, -0.1) is 11.3 Å². The summed E-state index contributed by atoms with van der Waals surface area (Å²) < 4.78 is 15.3. The number of allylic oxidation sites excluding steroid dienone is 2. The molecule has 1 aromatic heterocycles. The Kier molecular flexibility index (Phi) is 12.3. The highest BCUT2D eigenvalue weighted by atomic mass is 32.1. The third kappa shape index (κ3) is 8.07. The van der Waals surface area contributed by atoms with Crippen LogP contribution in [0.2, 0.25) is 0 Å². The zero-order valence-corrected chi connectivity index (χ0v) is 14.7. The lowest BCUT2D eigenvalue weighted by molar-refractivity contribution is -0.0542. The van der Waals surface area contributed by atoms with Crippen molar-refractivity contribution in [2.75, 3.05) is 20.5 Å². The second kappa shape index (κ2) is 13.2. The van der Waals surface area contributed by atoms with E-state index in [1.807, 2.05) is 45.9 Å². The normalized spacial score (nSPS) is 11.2. The van der Waals surface area contributed by atoms with Gasteiger partial charge in [0.05, 0.1) is 26.0 Å². The third-order valence-corrected chi connectivity index (χ3v) is 3.22. The summed E-state index contributed by atoms with van der Waals surface area (Å²) in [5.41, 5.74) is 1.79. The molecule has 0 fully saturated rings. The van der Waals surface area contributed by atoms with Crippen molar-refractivity contribution in [3.8, 4) is 0 Å². The van der Waals surface area contributed by atoms with Gasteiger partial charge in [-0.25, -0.2) is 9.78 Å². The molecular weight excluding hydrogens is 302 g/mol. The highest BCUT2D eigenvalue weighted by molar-refractivity contribution is 7.11. The largest absolute Gasteiger partial charge is 0.464 e. The van der Waals surface area contributed by atoms with Gasteiger partial charge >= 0.3 is 5.97 Å². The molecule has 0 aliphatic rings. The molecule has 0 atom stereocenters. The molecular formula is C16H25NO4S. The number of ether oxygens (including phenoxy) is 3. The molecule has 0 unspecified atom stereocenters. The zero-order chi connectivity index (χ0) is 16.8. The van der Waals surface area contributed by atoms with Crippen LogP contribution in [0.1, 0.15) is 43.2 Å². The van der Waals surface area contributed by atoms with Gasteiger partial charge < -0.3 is 14.2 Å². The van der Waals surface area contributed by atoms with Crippen LogP contribution in [-0.2, 0) is 20.8 Å². The molecule has 0 radical (unpaired) electrons. The van der Waals surface area contributed by atoms with Gasteiger partial charge in [0.15, 0.2) is 0 Å². The Bertz CT molecular complexity index is 480. The van der Waals surface area contributed by atoms with Crippen molar-refractivity contribution in [3.63, 3.8) is 0 Å². The Hall–Kier alpha value is -1.50. The number of carbonyl (C=O) groups excluding carboxylic acids is 1. The predicted octanol–water partition coefficient (Wildman–Crippen LogP) is 3.97. The van der Waals surface area contributed by atoms with E-state index in [1.54, 1.807) is 5.38 Å². The van der Waals surface area contributed by atoms with Gasteiger partial charge in [-0.2, -0.15) is 0 Å². The van der Waals surface area contributed by atoms with Crippen LogP contribution in [0, 0.1) is 0 Å². The van der Waals surface area contributed by atoms with E-state index in [0.29, 0.717) is 23.9 Å². The third-order valence-electron chi connectivity index (χ3n) is 2.35. The van der Waals surface area contributed by atoms with Gasteiger partial charge in [0.25, 0.3) is 0 Å². The van der Waals surface area contributed by atoms with E-state index in [2.05, 4.69) is 9.72 Å². The maximum Gasteiger partial charge on any atom is 0.367 e. The lowest BCUT2D eigenvalue weighted by Crippen LogP contribution is -2.04. The van der Waals surface area contributed by atoms with Crippen LogP contribution >= 0.6 is 11.3 Å². The van der Waals surface area contributed by atoms with Crippen LogP contribution in [-0.4, -0.2) is 31.5 Å². The van der Waals surface area contributed by atoms with Gasteiger partial charge in [0.2, 0.25) is 5.01 Å². The average Bonchev–Trinajstić information content (AvgIpc) is 3.03. The van der Waals surface area contributed by atoms with Crippen molar-refractivity contribution in [2.24, 2.45) is 0 Å².